The Morgan fingerprint density at radius 2 is 2.04 bits per heavy atom. The third-order valence-electron chi connectivity index (χ3n) is 4.76. The van der Waals surface area contributed by atoms with Gasteiger partial charge in [-0.2, -0.15) is 13.2 Å². The van der Waals surface area contributed by atoms with E-state index >= 15 is 0 Å². The van der Waals surface area contributed by atoms with E-state index in [4.69, 9.17) is 11.6 Å². The minimum atomic E-state index is -4.75. The van der Waals surface area contributed by atoms with Gasteiger partial charge in [0, 0.05) is 12.3 Å². The Kier molecular flexibility index (Phi) is 5.46. The normalized spacial score (nSPS) is 25.0. The van der Waals surface area contributed by atoms with Crippen molar-refractivity contribution in [1.82, 2.24) is 0 Å². The summed E-state index contributed by atoms with van der Waals surface area (Å²) in [6, 6.07) is 2.62. The minimum Gasteiger partial charge on any atom is -0.481 e. The maximum atomic E-state index is 12.6. The van der Waals surface area contributed by atoms with Gasteiger partial charge in [-0.25, -0.2) is 8.78 Å². The Labute approximate surface area is 155 Å². The van der Waals surface area contributed by atoms with E-state index in [9.17, 15) is 31.9 Å². The summed E-state index contributed by atoms with van der Waals surface area (Å²) >= 11 is 6.03. The van der Waals surface area contributed by atoms with Crippen LogP contribution in [0.3, 0.4) is 0 Å². The van der Waals surface area contributed by atoms with Crippen LogP contribution in [-0.4, -0.2) is 17.3 Å². The van der Waals surface area contributed by atoms with Crippen molar-refractivity contribution in [2.24, 2.45) is 16.7 Å². The van der Waals surface area contributed by atoms with E-state index in [2.05, 4.69) is 11.8 Å². The highest BCUT2D eigenvalue weighted by atomic mass is 35.5. The van der Waals surface area contributed by atoms with Crippen molar-refractivity contribution in [2.45, 2.75) is 32.9 Å². The van der Waals surface area contributed by atoms with Crippen LogP contribution in [0.4, 0.5) is 22.0 Å². The number of carbonyl (C=O) groups is 1. The van der Waals surface area contributed by atoms with Crippen molar-refractivity contribution in [1.29, 1.82) is 0 Å². The van der Waals surface area contributed by atoms with Crippen LogP contribution in [0.1, 0.15) is 36.4 Å². The lowest BCUT2D eigenvalue weighted by Crippen LogP contribution is -2.21. The molecule has 1 aliphatic rings. The average molecular weight is 413 g/mol. The molecule has 1 fully saturated rings. The number of thiophene rings is 1. The van der Waals surface area contributed by atoms with E-state index in [1.165, 1.54) is 26.0 Å². The summed E-state index contributed by atoms with van der Waals surface area (Å²) in [4.78, 5) is 11.9. The zero-order valence-electron chi connectivity index (χ0n) is 13.6. The molecule has 1 aromatic rings. The van der Waals surface area contributed by atoms with E-state index < -0.39 is 40.4 Å². The topological polar surface area (TPSA) is 37.3 Å². The van der Waals surface area contributed by atoms with Crippen LogP contribution in [0.25, 0.3) is 0 Å². The summed E-state index contributed by atoms with van der Waals surface area (Å²) < 4.78 is 63.0. The summed E-state index contributed by atoms with van der Waals surface area (Å²) in [5.74, 6) is 3.00. The Hall–Kier alpha value is -1.59. The first-order chi connectivity index (χ1) is 11.8. The molecule has 0 radical (unpaired) electrons. The molecule has 2 atom stereocenters. The van der Waals surface area contributed by atoms with Crippen LogP contribution in [0.15, 0.2) is 23.2 Å². The number of alkyl halides is 5. The first-order valence-corrected chi connectivity index (χ1v) is 8.58. The van der Waals surface area contributed by atoms with Gasteiger partial charge in [-0.3, -0.25) is 4.79 Å². The molecule has 1 heterocycles. The number of allylic oxidation sites excluding steroid dienone is 2. The Bertz CT molecular complexity index is 800. The van der Waals surface area contributed by atoms with Crippen molar-refractivity contribution in [2.75, 3.05) is 0 Å². The van der Waals surface area contributed by atoms with Gasteiger partial charge in [0.1, 0.15) is 5.03 Å². The van der Waals surface area contributed by atoms with E-state index in [0.717, 1.165) is 17.4 Å². The Balaban J connectivity index is 2.26. The predicted octanol–water partition coefficient (Wildman–Crippen LogP) is 5.84. The van der Waals surface area contributed by atoms with Crippen molar-refractivity contribution in [3.8, 4) is 11.8 Å². The van der Waals surface area contributed by atoms with Crippen LogP contribution >= 0.6 is 22.9 Å². The van der Waals surface area contributed by atoms with Gasteiger partial charge in [-0.15, -0.1) is 11.3 Å². The van der Waals surface area contributed by atoms with Crippen molar-refractivity contribution < 1.29 is 31.9 Å². The first kappa shape index (κ1) is 20.7. The standard InChI is InChI=1S/C17H14ClF5O2S/c1-15(2)11(8-12(18)17(21,22)23)16(15,14(24)25)7-3-4-9-5-6-10(26-9)13(19)20/h5-6,8,11,13H,7H2,1-2H3,(H,24,25)/b12-8-/t11-,16+/m1/s1. The number of hydrogen-bond acceptors (Lipinski definition) is 2. The summed E-state index contributed by atoms with van der Waals surface area (Å²) in [6.07, 6.45) is -6.88. The molecule has 0 aromatic carbocycles. The molecular formula is C17H14ClF5O2S. The van der Waals surface area contributed by atoms with Gasteiger partial charge in [0.05, 0.1) is 15.2 Å². The van der Waals surface area contributed by atoms with Gasteiger partial charge in [-0.05, 0) is 17.5 Å². The molecule has 0 amide bonds. The molecule has 0 unspecified atom stereocenters. The second kappa shape index (κ2) is 6.86. The maximum Gasteiger partial charge on any atom is 0.426 e. The molecule has 0 aliphatic heterocycles. The zero-order chi connectivity index (χ0) is 19.9. The molecule has 142 valence electrons. The third kappa shape index (κ3) is 3.60. The minimum absolute atomic E-state index is 0.160. The number of carboxylic acids is 1. The summed E-state index contributed by atoms with van der Waals surface area (Å²) in [6.45, 7) is 3.06. The second-order valence-electron chi connectivity index (χ2n) is 6.47. The van der Waals surface area contributed by atoms with Gasteiger partial charge in [0.15, 0.2) is 0 Å². The molecule has 1 aliphatic carbocycles. The smallest absolute Gasteiger partial charge is 0.426 e. The molecule has 0 bridgehead atoms. The zero-order valence-corrected chi connectivity index (χ0v) is 15.2. The highest BCUT2D eigenvalue weighted by Crippen LogP contribution is 2.72. The van der Waals surface area contributed by atoms with Crippen molar-refractivity contribution >= 4 is 28.9 Å². The lowest BCUT2D eigenvalue weighted by molar-refractivity contribution is -0.144. The molecule has 1 saturated carbocycles. The van der Waals surface area contributed by atoms with Crippen LogP contribution in [-0.2, 0) is 4.79 Å². The number of halogens is 6. The number of rotatable bonds is 4. The summed E-state index contributed by atoms with van der Waals surface area (Å²) in [5, 5.41) is 8.21. The third-order valence-corrected chi connectivity index (χ3v) is 6.11. The molecule has 26 heavy (non-hydrogen) atoms. The van der Waals surface area contributed by atoms with E-state index in [1.807, 2.05) is 0 Å². The fourth-order valence-electron chi connectivity index (χ4n) is 3.12. The monoisotopic (exact) mass is 412 g/mol. The highest BCUT2D eigenvalue weighted by molar-refractivity contribution is 7.12. The van der Waals surface area contributed by atoms with Gasteiger partial charge in [0.25, 0.3) is 6.43 Å². The molecule has 9 heteroatoms. The second-order valence-corrected chi connectivity index (χ2v) is 7.99. The molecule has 0 spiro atoms. The van der Waals surface area contributed by atoms with Crippen LogP contribution in [0, 0.1) is 28.6 Å². The van der Waals surface area contributed by atoms with Gasteiger partial charge in [-0.1, -0.05) is 43.4 Å². The average Bonchev–Trinajstić information content (AvgIpc) is 2.85. The summed E-state index contributed by atoms with van der Waals surface area (Å²) in [7, 11) is 0. The van der Waals surface area contributed by atoms with Crippen molar-refractivity contribution in [3.05, 3.63) is 33.0 Å². The molecule has 2 rings (SSSR count). The molecule has 1 aromatic heterocycles. The van der Waals surface area contributed by atoms with Gasteiger partial charge < -0.3 is 5.11 Å². The van der Waals surface area contributed by atoms with Crippen LogP contribution < -0.4 is 0 Å². The van der Waals surface area contributed by atoms with E-state index in [-0.39, 0.29) is 11.3 Å². The Morgan fingerprint density at radius 3 is 2.50 bits per heavy atom. The SMILES string of the molecule is CC1(C)[C@@H](/C=C(\Cl)C(F)(F)F)[C@@]1(CC#Cc1ccc(C(F)F)s1)C(=O)O. The van der Waals surface area contributed by atoms with E-state index in [0.29, 0.717) is 4.88 Å². The predicted molar refractivity (Wildman–Crippen MR) is 88.1 cm³/mol. The summed E-state index contributed by atoms with van der Waals surface area (Å²) in [5.41, 5.74) is -2.50. The van der Waals surface area contributed by atoms with Gasteiger partial charge >= 0.3 is 12.1 Å². The van der Waals surface area contributed by atoms with E-state index in [1.54, 1.807) is 0 Å². The number of aliphatic carboxylic acids is 1. The maximum absolute atomic E-state index is 12.6. The quantitative estimate of drug-likeness (QED) is 0.498. The fourth-order valence-corrected chi connectivity index (χ4v) is 3.98. The highest BCUT2D eigenvalue weighted by Gasteiger charge is 2.74. The van der Waals surface area contributed by atoms with Crippen molar-refractivity contribution in [3.63, 3.8) is 0 Å². The lowest BCUT2D eigenvalue weighted by atomic mass is 9.92. The fraction of sp³-hybridized carbons (Fsp3) is 0.471. The molecule has 1 N–H and O–H groups in total. The number of hydrogen-bond donors (Lipinski definition) is 1. The largest absolute Gasteiger partial charge is 0.481 e. The first-order valence-electron chi connectivity index (χ1n) is 7.38. The van der Waals surface area contributed by atoms with Crippen LogP contribution in [0.5, 0.6) is 0 Å². The molecule has 0 saturated heterocycles. The van der Waals surface area contributed by atoms with Crippen LogP contribution in [0.2, 0.25) is 0 Å². The van der Waals surface area contributed by atoms with Gasteiger partial charge in [0.2, 0.25) is 0 Å². The number of carboxylic acid groups (broad SMARTS) is 1. The Morgan fingerprint density at radius 1 is 1.42 bits per heavy atom. The lowest BCUT2D eigenvalue weighted by Gasteiger charge is -2.11. The molecular weight excluding hydrogens is 399 g/mol. The molecule has 2 nitrogen and oxygen atoms in total.